The van der Waals surface area contributed by atoms with Crippen molar-refractivity contribution in [1.82, 2.24) is 5.32 Å². The number of hydrogen-bond donors (Lipinski definition) is 11. The third-order valence-corrected chi connectivity index (χ3v) is 11.7. The lowest BCUT2D eigenvalue weighted by molar-refractivity contribution is -0.277. The number of anilines is 1. The Bertz CT molecular complexity index is 2410. The van der Waals surface area contributed by atoms with Crippen LogP contribution in [-0.4, -0.2) is 156 Å². The van der Waals surface area contributed by atoms with Crippen LogP contribution in [0.25, 0.3) is 0 Å². The Balaban J connectivity index is 1.02. The summed E-state index contributed by atoms with van der Waals surface area (Å²) < 4.78 is 32.5. The molecule has 7 rings (SSSR count). The molecule has 23 nitrogen and oxygen atoms in total. The predicted octanol–water partition coefficient (Wildman–Crippen LogP) is -0.590. The molecule has 2 aliphatic carbocycles. The quantitative estimate of drug-likeness (QED) is 0.0838. The van der Waals surface area contributed by atoms with E-state index in [1.807, 2.05) is 0 Å². The summed E-state index contributed by atoms with van der Waals surface area (Å²) in [5, 5.41) is 99.5. The molecule has 0 aromatic heterocycles. The average Bonchev–Trinajstić information content (AvgIpc) is 3.27. The van der Waals surface area contributed by atoms with Gasteiger partial charge in [-0.15, -0.1) is 0 Å². The number of methoxy groups -OCH3 is 1. The Morgan fingerprint density at radius 2 is 1.55 bits per heavy atom. The van der Waals surface area contributed by atoms with E-state index in [2.05, 4.69) is 10.6 Å². The van der Waals surface area contributed by atoms with Crippen LogP contribution in [0.2, 0.25) is 0 Å². The number of aliphatic hydroxyl groups is 6. The summed E-state index contributed by atoms with van der Waals surface area (Å²) in [5.41, 5.74) is -3.92. The van der Waals surface area contributed by atoms with Gasteiger partial charge in [-0.1, -0.05) is 24.3 Å². The van der Waals surface area contributed by atoms with E-state index in [0.717, 1.165) is 0 Å². The number of aromatic hydroxyl groups is 2. The first-order chi connectivity index (χ1) is 30.8. The van der Waals surface area contributed by atoms with Crippen LogP contribution in [0.4, 0.5) is 15.3 Å². The highest BCUT2D eigenvalue weighted by atomic mass is 16.7. The van der Waals surface area contributed by atoms with E-state index in [-0.39, 0.29) is 46.7 Å². The van der Waals surface area contributed by atoms with E-state index in [1.54, 1.807) is 0 Å². The number of Topliss-reactive ketones (excluding diaryl/α,β-unsaturated/α-hetero) is 1. The van der Waals surface area contributed by atoms with Crippen LogP contribution < -0.4 is 15.4 Å². The standard InChI is InChI=1S/C42H44N2O21/c1-15-29(47)20(44-40(57)61-14-16-6-8-17(9-7-16)43-41(58)65-39-36(54)34(52)35(53)37(64-39)38(55)56)10-24(62-15)63-22-12-42(59,23(46)13-45)11-19-26(22)33(51)28-27(31(19)49)30(48)18-4-3-5-21(60-2)25(18)32(28)50/h3-9,15,20,22,24,29,34-37,39,45,47,49,51-54,59H,10-14H2,1-2H3,(H,43,58)(H,44,57)(H,55,56)/t15-,20-,22-,24-,29+,34-,35-,36+,37-,39-,42-/m0/s1. The molecule has 4 aliphatic rings. The third-order valence-electron chi connectivity index (χ3n) is 11.7. The number of amides is 2. The number of ether oxygens (including phenoxy) is 6. The van der Waals surface area contributed by atoms with Gasteiger partial charge in [-0.3, -0.25) is 19.7 Å². The fraction of sp³-hybridized carbons (Fsp3) is 0.429. The molecule has 0 bridgehead atoms. The van der Waals surface area contributed by atoms with Crippen molar-refractivity contribution in [2.75, 3.05) is 19.0 Å². The molecule has 3 aromatic rings. The summed E-state index contributed by atoms with van der Waals surface area (Å²) >= 11 is 0. The monoisotopic (exact) mass is 912 g/mol. The molecule has 11 atom stereocenters. The maximum absolute atomic E-state index is 14.0. The molecule has 0 spiro atoms. The maximum Gasteiger partial charge on any atom is 0.414 e. The summed E-state index contributed by atoms with van der Waals surface area (Å²) in [6.45, 7) is -0.00993. The molecule has 23 heteroatoms. The highest BCUT2D eigenvalue weighted by Crippen LogP contribution is 2.52. The maximum atomic E-state index is 14.0. The highest BCUT2D eigenvalue weighted by molar-refractivity contribution is 6.31. The second-order valence-electron chi connectivity index (χ2n) is 15.8. The fourth-order valence-corrected chi connectivity index (χ4v) is 8.29. The zero-order chi connectivity index (χ0) is 47.2. The second-order valence-corrected chi connectivity index (χ2v) is 15.8. The van der Waals surface area contributed by atoms with Crippen molar-refractivity contribution in [3.8, 4) is 17.2 Å². The number of alkyl carbamates (subject to hydrolysis) is 1. The van der Waals surface area contributed by atoms with Crippen LogP contribution >= 0.6 is 0 Å². The largest absolute Gasteiger partial charge is 0.507 e. The number of aliphatic carboxylic acids is 1. The Morgan fingerprint density at radius 1 is 0.862 bits per heavy atom. The summed E-state index contributed by atoms with van der Waals surface area (Å²) in [6.07, 6.45) is -19.0. The van der Waals surface area contributed by atoms with Gasteiger partial charge in [0.15, 0.2) is 24.0 Å². The van der Waals surface area contributed by atoms with Crippen LogP contribution in [0.3, 0.4) is 0 Å². The Hall–Kier alpha value is -6.28. The van der Waals surface area contributed by atoms with Crippen molar-refractivity contribution < 1.29 is 103 Å². The molecular weight excluding hydrogens is 868 g/mol. The van der Waals surface area contributed by atoms with Crippen molar-refractivity contribution >= 4 is 41.2 Å². The normalized spacial score (nSPS) is 29.4. The average molecular weight is 913 g/mol. The number of rotatable bonds is 11. The fourth-order valence-electron chi connectivity index (χ4n) is 8.29. The van der Waals surface area contributed by atoms with E-state index in [4.69, 9.17) is 28.4 Å². The molecule has 348 valence electrons. The highest BCUT2D eigenvalue weighted by Gasteiger charge is 2.51. The molecule has 2 heterocycles. The van der Waals surface area contributed by atoms with Gasteiger partial charge in [0.05, 0.1) is 42.0 Å². The molecule has 2 aliphatic heterocycles. The summed E-state index contributed by atoms with van der Waals surface area (Å²) in [4.78, 5) is 77.5. The number of carboxylic acids is 1. The number of phenols is 2. The Kier molecular flexibility index (Phi) is 13.2. The number of nitrogens with one attached hydrogen (secondary N) is 2. The van der Waals surface area contributed by atoms with Crippen molar-refractivity contribution in [3.05, 3.63) is 81.4 Å². The van der Waals surface area contributed by atoms with Crippen molar-refractivity contribution in [1.29, 1.82) is 0 Å². The molecule has 0 radical (unpaired) electrons. The van der Waals surface area contributed by atoms with E-state index in [1.165, 1.54) is 56.5 Å². The van der Waals surface area contributed by atoms with Gasteiger partial charge in [0.1, 0.15) is 60.5 Å². The predicted molar refractivity (Wildman–Crippen MR) is 212 cm³/mol. The Labute approximate surface area is 366 Å². The molecule has 0 saturated carbocycles. The van der Waals surface area contributed by atoms with Crippen LogP contribution in [0, 0.1) is 0 Å². The SMILES string of the molecule is COc1cccc2c1C(=O)c1c(O)c3c(c(O)c1C2=O)C[C@@](O)(C(=O)CO)C[C@@H]3O[C@H]1C[C@H](NC(=O)OCc2ccc(NC(=O)O[C@@H]3O[C@H](C(=O)O)[C@@H](O)[C@H](O)[C@H]3O)cc2)[C@H](O)[C@H](C)O1. The summed E-state index contributed by atoms with van der Waals surface area (Å²) in [6, 6.07) is 8.72. The van der Waals surface area contributed by atoms with Gasteiger partial charge in [0.2, 0.25) is 12.1 Å². The van der Waals surface area contributed by atoms with Crippen LogP contribution in [0.1, 0.15) is 74.4 Å². The first-order valence-electron chi connectivity index (χ1n) is 19.9. The zero-order valence-electron chi connectivity index (χ0n) is 34.3. The number of carboxylic acid groups (broad SMARTS) is 1. The van der Waals surface area contributed by atoms with Crippen molar-refractivity contribution in [3.63, 3.8) is 0 Å². The number of fused-ring (bicyclic) bond motifs is 3. The number of ketones is 3. The van der Waals surface area contributed by atoms with Gasteiger partial charge in [-0.05, 0) is 30.7 Å². The van der Waals surface area contributed by atoms with Gasteiger partial charge < -0.3 is 79.7 Å². The molecule has 2 saturated heterocycles. The third kappa shape index (κ3) is 8.80. The Morgan fingerprint density at radius 3 is 2.22 bits per heavy atom. The molecule has 65 heavy (non-hydrogen) atoms. The smallest absolute Gasteiger partial charge is 0.414 e. The van der Waals surface area contributed by atoms with Crippen molar-refractivity contribution in [2.24, 2.45) is 0 Å². The first-order valence-corrected chi connectivity index (χ1v) is 19.9. The van der Waals surface area contributed by atoms with E-state index in [9.17, 15) is 74.7 Å². The lowest BCUT2D eigenvalue weighted by Gasteiger charge is -2.42. The van der Waals surface area contributed by atoms with Crippen molar-refractivity contribution in [2.45, 2.75) is 99.7 Å². The summed E-state index contributed by atoms with van der Waals surface area (Å²) in [7, 11) is 1.27. The molecule has 0 unspecified atom stereocenters. The lowest BCUT2D eigenvalue weighted by atomic mass is 9.72. The molecule has 2 amide bonds. The van der Waals surface area contributed by atoms with Gasteiger partial charge in [0, 0.05) is 41.6 Å². The summed E-state index contributed by atoms with van der Waals surface area (Å²) in [5.74, 6) is -6.06. The van der Waals surface area contributed by atoms with E-state index in [0.29, 0.717) is 5.56 Å². The minimum Gasteiger partial charge on any atom is -0.507 e. The molecule has 2 fully saturated rings. The van der Waals surface area contributed by atoms with Gasteiger partial charge in [0.25, 0.3) is 0 Å². The number of carbonyl (C=O) groups excluding carboxylic acids is 5. The van der Waals surface area contributed by atoms with E-state index >= 15 is 0 Å². The van der Waals surface area contributed by atoms with Crippen LogP contribution in [0.15, 0.2) is 42.5 Å². The molecule has 11 N–H and O–H groups in total. The van der Waals surface area contributed by atoms with Gasteiger partial charge in [-0.25, -0.2) is 14.4 Å². The molecular formula is C42H44N2O21. The zero-order valence-corrected chi connectivity index (χ0v) is 34.3. The number of hydrogen-bond acceptors (Lipinski definition) is 20. The minimum absolute atomic E-state index is 0.0185. The number of aliphatic hydroxyl groups excluding tert-OH is 5. The second kappa shape index (κ2) is 18.3. The topological polar surface area (TPSA) is 364 Å². The minimum atomic E-state index is -2.41. The first kappa shape index (κ1) is 46.7. The number of benzene rings is 3. The molecule has 3 aromatic carbocycles. The van der Waals surface area contributed by atoms with Crippen LogP contribution in [0.5, 0.6) is 17.2 Å². The van der Waals surface area contributed by atoms with Gasteiger partial charge in [-0.2, -0.15) is 0 Å². The van der Waals surface area contributed by atoms with Crippen LogP contribution in [-0.2, 0) is 46.3 Å². The number of carbonyl (C=O) groups is 6. The van der Waals surface area contributed by atoms with Gasteiger partial charge >= 0.3 is 18.2 Å². The number of phenolic OH excluding ortho intramolecular Hbond substituents is 2. The lowest BCUT2D eigenvalue weighted by Crippen LogP contribution is -2.60. The van der Waals surface area contributed by atoms with E-state index < -0.39 is 145 Å².